The summed E-state index contributed by atoms with van der Waals surface area (Å²) in [6.45, 7) is 5.85. The zero-order valence-electron chi connectivity index (χ0n) is 11.9. The average molecular weight is 279 g/mol. The van der Waals surface area contributed by atoms with Crippen molar-refractivity contribution in [1.29, 1.82) is 0 Å². The minimum atomic E-state index is -0.101. The summed E-state index contributed by atoms with van der Waals surface area (Å²) in [6.07, 6.45) is 1.83. The van der Waals surface area contributed by atoms with E-state index in [2.05, 4.69) is 22.3 Å². The summed E-state index contributed by atoms with van der Waals surface area (Å²) in [7, 11) is 0. The highest BCUT2D eigenvalue weighted by Crippen LogP contribution is 2.13. The van der Waals surface area contributed by atoms with Crippen LogP contribution >= 0.6 is 0 Å². The molecule has 0 radical (unpaired) electrons. The molecule has 1 atom stereocenters. The number of amides is 1. The molecule has 0 aliphatic carbocycles. The average Bonchev–Trinajstić information content (AvgIpc) is 2.71. The van der Waals surface area contributed by atoms with Gasteiger partial charge in [-0.2, -0.15) is 0 Å². The first kappa shape index (κ1) is 14.7. The number of carbonyl (C=O) groups is 1. The minimum absolute atomic E-state index is 0.0940. The monoisotopic (exact) mass is 279 g/mol. The standard InChI is InChI=1S/C13H21N5O2/c1-3-10-8-18(5-4-6-20-10)12(19)11-7-9(2)15-13(16-11)17-14/h7,10H,3-6,8,14H2,1-2H3,(H,15,16,17). The topological polar surface area (TPSA) is 93.4 Å². The number of nitrogens with two attached hydrogens (primary N) is 1. The van der Waals surface area contributed by atoms with Crippen molar-refractivity contribution in [2.24, 2.45) is 5.84 Å². The van der Waals surface area contributed by atoms with Crippen LogP contribution in [0.3, 0.4) is 0 Å². The fourth-order valence-corrected chi connectivity index (χ4v) is 2.23. The van der Waals surface area contributed by atoms with Crippen molar-refractivity contribution in [3.63, 3.8) is 0 Å². The minimum Gasteiger partial charge on any atom is -0.376 e. The van der Waals surface area contributed by atoms with Crippen molar-refractivity contribution in [2.45, 2.75) is 32.8 Å². The molecule has 2 heterocycles. The molecule has 110 valence electrons. The SMILES string of the molecule is CCC1CN(C(=O)c2cc(C)nc(NN)n2)CCCO1. The zero-order chi connectivity index (χ0) is 14.5. The Morgan fingerprint density at radius 1 is 1.60 bits per heavy atom. The van der Waals surface area contributed by atoms with Crippen LogP contribution in [0.15, 0.2) is 6.07 Å². The van der Waals surface area contributed by atoms with Crippen LogP contribution < -0.4 is 11.3 Å². The second-order valence-electron chi connectivity index (χ2n) is 4.87. The van der Waals surface area contributed by atoms with Gasteiger partial charge in [0.2, 0.25) is 5.95 Å². The van der Waals surface area contributed by atoms with Gasteiger partial charge in [-0.3, -0.25) is 10.2 Å². The second kappa shape index (κ2) is 6.62. The van der Waals surface area contributed by atoms with Gasteiger partial charge in [-0.05, 0) is 25.8 Å². The molecule has 1 aliphatic rings. The molecular formula is C13H21N5O2. The number of nitrogens with zero attached hydrogens (tertiary/aromatic N) is 3. The Morgan fingerprint density at radius 2 is 2.40 bits per heavy atom. The Hall–Kier alpha value is -1.73. The molecule has 3 N–H and O–H groups in total. The third-order valence-electron chi connectivity index (χ3n) is 3.29. The van der Waals surface area contributed by atoms with E-state index in [1.807, 2.05) is 0 Å². The highest BCUT2D eigenvalue weighted by Gasteiger charge is 2.23. The maximum atomic E-state index is 12.5. The van der Waals surface area contributed by atoms with Gasteiger partial charge >= 0.3 is 0 Å². The number of rotatable bonds is 3. The lowest BCUT2D eigenvalue weighted by Gasteiger charge is -2.23. The lowest BCUT2D eigenvalue weighted by atomic mass is 10.2. The van der Waals surface area contributed by atoms with Gasteiger partial charge in [-0.25, -0.2) is 15.8 Å². The maximum Gasteiger partial charge on any atom is 0.272 e. The molecule has 2 rings (SSSR count). The zero-order valence-corrected chi connectivity index (χ0v) is 11.9. The van der Waals surface area contributed by atoms with Crippen LogP contribution in [0, 0.1) is 6.92 Å². The number of hydrazine groups is 1. The van der Waals surface area contributed by atoms with Crippen molar-refractivity contribution in [2.75, 3.05) is 25.1 Å². The molecule has 1 aliphatic heterocycles. The molecule has 0 aromatic carbocycles. The molecule has 0 saturated carbocycles. The molecule has 0 bridgehead atoms. The number of ether oxygens (including phenoxy) is 1. The van der Waals surface area contributed by atoms with Crippen molar-refractivity contribution >= 4 is 11.9 Å². The van der Waals surface area contributed by atoms with Crippen molar-refractivity contribution in [3.05, 3.63) is 17.5 Å². The Kier molecular flexibility index (Phi) is 4.86. The number of anilines is 1. The summed E-state index contributed by atoms with van der Waals surface area (Å²) in [4.78, 5) is 22.6. The molecule has 1 amide bonds. The van der Waals surface area contributed by atoms with E-state index < -0.39 is 0 Å². The number of nitrogen functional groups attached to an aromatic ring is 1. The van der Waals surface area contributed by atoms with Gasteiger partial charge in [0.25, 0.3) is 5.91 Å². The highest BCUT2D eigenvalue weighted by molar-refractivity contribution is 5.92. The highest BCUT2D eigenvalue weighted by atomic mass is 16.5. The smallest absolute Gasteiger partial charge is 0.272 e. The Bertz CT molecular complexity index is 480. The Balaban J connectivity index is 2.18. The van der Waals surface area contributed by atoms with Gasteiger partial charge in [0.05, 0.1) is 6.10 Å². The first-order valence-corrected chi connectivity index (χ1v) is 6.87. The van der Waals surface area contributed by atoms with Gasteiger partial charge in [-0.15, -0.1) is 0 Å². The summed E-state index contributed by atoms with van der Waals surface area (Å²) in [6, 6.07) is 1.68. The molecule has 7 nitrogen and oxygen atoms in total. The molecule has 0 spiro atoms. The molecular weight excluding hydrogens is 258 g/mol. The molecule has 20 heavy (non-hydrogen) atoms. The summed E-state index contributed by atoms with van der Waals surface area (Å²) >= 11 is 0. The molecule has 1 aromatic rings. The van der Waals surface area contributed by atoms with Gasteiger partial charge in [0.1, 0.15) is 5.69 Å². The van der Waals surface area contributed by atoms with E-state index in [0.717, 1.165) is 12.8 Å². The number of aromatic nitrogens is 2. The van der Waals surface area contributed by atoms with Crippen LogP contribution in [0.25, 0.3) is 0 Å². The van der Waals surface area contributed by atoms with Crippen LogP contribution in [0.1, 0.15) is 35.9 Å². The second-order valence-corrected chi connectivity index (χ2v) is 4.87. The first-order valence-electron chi connectivity index (χ1n) is 6.87. The van der Waals surface area contributed by atoms with E-state index in [4.69, 9.17) is 10.6 Å². The van der Waals surface area contributed by atoms with Gasteiger partial charge < -0.3 is 9.64 Å². The van der Waals surface area contributed by atoms with Crippen molar-refractivity contribution in [1.82, 2.24) is 14.9 Å². The molecule has 1 saturated heterocycles. The van der Waals surface area contributed by atoms with E-state index >= 15 is 0 Å². The van der Waals surface area contributed by atoms with E-state index in [9.17, 15) is 4.79 Å². The fourth-order valence-electron chi connectivity index (χ4n) is 2.23. The normalized spacial score (nSPS) is 19.6. The largest absolute Gasteiger partial charge is 0.376 e. The quantitative estimate of drug-likeness (QED) is 0.625. The molecule has 1 unspecified atom stereocenters. The molecule has 7 heteroatoms. The van der Waals surface area contributed by atoms with Crippen LogP contribution in [-0.4, -0.2) is 46.6 Å². The van der Waals surface area contributed by atoms with Crippen LogP contribution in [0.4, 0.5) is 5.95 Å². The number of hydrogen-bond acceptors (Lipinski definition) is 6. The van der Waals surface area contributed by atoms with E-state index in [-0.39, 0.29) is 18.0 Å². The number of hydrogen-bond donors (Lipinski definition) is 2. The number of nitrogens with one attached hydrogen (secondary N) is 1. The van der Waals surface area contributed by atoms with Gasteiger partial charge in [0.15, 0.2) is 0 Å². The summed E-state index contributed by atoms with van der Waals surface area (Å²) in [5.41, 5.74) is 3.45. The molecule has 1 fully saturated rings. The number of aryl methyl sites for hydroxylation is 1. The van der Waals surface area contributed by atoms with E-state index in [1.54, 1.807) is 17.9 Å². The van der Waals surface area contributed by atoms with Crippen molar-refractivity contribution in [3.8, 4) is 0 Å². The Morgan fingerprint density at radius 3 is 3.10 bits per heavy atom. The Labute approximate surface area is 118 Å². The predicted molar refractivity (Wildman–Crippen MR) is 75.1 cm³/mol. The summed E-state index contributed by atoms with van der Waals surface area (Å²) < 4.78 is 5.68. The lowest BCUT2D eigenvalue weighted by Crippen LogP contribution is -2.37. The van der Waals surface area contributed by atoms with Gasteiger partial charge in [-0.1, -0.05) is 6.92 Å². The third kappa shape index (κ3) is 3.43. The van der Waals surface area contributed by atoms with Crippen molar-refractivity contribution < 1.29 is 9.53 Å². The summed E-state index contributed by atoms with van der Waals surface area (Å²) in [5, 5.41) is 0. The maximum absolute atomic E-state index is 12.5. The lowest BCUT2D eigenvalue weighted by molar-refractivity contribution is 0.0457. The predicted octanol–water partition coefficient (Wildman–Crippen LogP) is 0.712. The molecule has 1 aromatic heterocycles. The van der Waals surface area contributed by atoms with E-state index in [0.29, 0.717) is 31.1 Å². The van der Waals surface area contributed by atoms with E-state index in [1.165, 1.54) is 0 Å². The van der Waals surface area contributed by atoms with Crippen LogP contribution in [-0.2, 0) is 4.74 Å². The third-order valence-corrected chi connectivity index (χ3v) is 3.29. The van der Waals surface area contributed by atoms with Crippen LogP contribution in [0.5, 0.6) is 0 Å². The number of carbonyl (C=O) groups excluding carboxylic acids is 1. The summed E-state index contributed by atoms with van der Waals surface area (Å²) in [5.74, 6) is 5.47. The first-order chi connectivity index (χ1) is 9.63. The van der Waals surface area contributed by atoms with Gasteiger partial charge in [0, 0.05) is 25.4 Å². The fraction of sp³-hybridized carbons (Fsp3) is 0.615. The van der Waals surface area contributed by atoms with Crippen LogP contribution in [0.2, 0.25) is 0 Å².